The van der Waals surface area contributed by atoms with Crippen LogP contribution in [-0.4, -0.2) is 18.4 Å². The molecule has 0 saturated carbocycles. The van der Waals surface area contributed by atoms with Crippen molar-refractivity contribution in [3.63, 3.8) is 0 Å². The molecule has 2 atom stereocenters. The first kappa shape index (κ1) is 30.5. The van der Waals surface area contributed by atoms with E-state index in [0.29, 0.717) is 21.8 Å². The second-order valence-corrected chi connectivity index (χ2v) is 19.8. The van der Waals surface area contributed by atoms with Crippen LogP contribution in [0.25, 0.3) is 5.57 Å². The third-order valence-corrected chi connectivity index (χ3v) is 14.4. The van der Waals surface area contributed by atoms with Crippen LogP contribution in [0.1, 0.15) is 130 Å². The molecule has 2 aliphatic rings. The summed E-state index contributed by atoms with van der Waals surface area (Å²) in [4.78, 5) is 4.81. The first-order valence-corrected chi connectivity index (χ1v) is 17.8. The molecule has 8 heteroatoms. The van der Waals surface area contributed by atoms with Gasteiger partial charge in [-0.2, -0.15) is 13.2 Å². The van der Waals surface area contributed by atoms with Crippen LogP contribution in [0, 0.1) is 5.41 Å². The quantitative estimate of drug-likeness (QED) is 0.346. The molecular formula is C31H44F3NO2SSi. The molecule has 0 spiro atoms. The van der Waals surface area contributed by atoms with E-state index in [1.165, 1.54) is 11.6 Å². The minimum absolute atomic E-state index is 0.00690. The molecule has 2 aromatic heterocycles. The maximum Gasteiger partial charge on any atom is 0.425 e. The smallest absolute Gasteiger partial charge is 0.410 e. The zero-order valence-corrected chi connectivity index (χ0v) is 26.7. The van der Waals surface area contributed by atoms with E-state index in [1.54, 1.807) is 0 Å². The monoisotopic (exact) mass is 579 g/mol. The van der Waals surface area contributed by atoms with E-state index in [1.807, 2.05) is 13.8 Å². The van der Waals surface area contributed by atoms with E-state index >= 15 is 0 Å². The Morgan fingerprint density at radius 2 is 1.82 bits per heavy atom. The van der Waals surface area contributed by atoms with E-state index in [2.05, 4.69) is 53.8 Å². The Labute approximate surface area is 237 Å². The Morgan fingerprint density at radius 1 is 1.15 bits per heavy atom. The summed E-state index contributed by atoms with van der Waals surface area (Å²) in [5.41, 5.74) is 5.64. The number of fused-ring (bicyclic) bond motifs is 1. The molecule has 0 saturated heterocycles. The van der Waals surface area contributed by atoms with Crippen molar-refractivity contribution < 1.29 is 22.7 Å². The van der Waals surface area contributed by atoms with Crippen LogP contribution in [0.2, 0.25) is 18.1 Å². The highest BCUT2D eigenvalue weighted by Crippen LogP contribution is 2.52. The fourth-order valence-corrected chi connectivity index (χ4v) is 7.82. The van der Waals surface area contributed by atoms with E-state index in [4.69, 9.17) is 9.41 Å². The maximum atomic E-state index is 13.5. The molecule has 2 heterocycles. The van der Waals surface area contributed by atoms with Crippen LogP contribution >= 0.6 is 11.3 Å². The summed E-state index contributed by atoms with van der Waals surface area (Å²) in [6.45, 7) is 19.8. The lowest BCUT2D eigenvalue weighted by atomic mass is 9.71. The van der Waals surface area contributed by atoms with Gasteiger partial charge in [-0.15, -0.1) is 11.3 Å². The highest BCUT2D eigenvalue weighted by Gasteiger charge is 2.45. The second kappa shape index (κ2) is 10.4. The number of aromatic nitrogens is 1. The molecule has 39 heavy (non-hydrogen) atoms. The topological polar surface area (TPSA) is 42.4 Å². The van der Waals surface area contributed by atoms with Gasteiger partial charge in [-0.05, 0) is 84.8 Å². The minimum Gasteiger partial charge on any atom is -0.410 e. The van der Waals surface area contributed by atoms with Gasteiger partial charge in [0.2, 0.25) is 0 Å². The summed E-state index contributed by atoms with van der Waals surface area (Å²) in [6, 6.07) is 2.49. The van der Waals surface area contributed by atoms with Gasteiger partial charge in [0.1, 0.15) is 11.0 Å². The van der Waals surface area contributed by atoms with Crippen LogP contribution in [0.5, 0.6) is 0 Å². The zero-order valence-electron chi connectivity index (χ0n) is 24.8. The molecule has 4 rings (SSSR count). The number of aliphatic hydroxyl groups is 1. The van der Waals surface area contributed by atoms with Gasteiger partial charge in [0.25, 0.3) is 0 Å². The molecule has 2 aliphatic carbocycles. The lowest BCUT2D eigenvalue weighted by molar-refractivity contribution is -0.134. The van der Waals surface area contributed by atoms with Crippen molar-refractivity contribution in [2.75, 3.05) is 0 Å². The largest absolute Gasteiger partial charge is 0.425 e. The average Bonchev–Trinajstić information content (AvgIpc) is 3.47. The predicted octanol–water partition coefficient (Wildman–Crippen LogP) is 9.97. The van der Waals surface area contributed by atoms with Crippen molar-refractivity contribution >= 4 is 25.2 Å². The van der Waals surface area contributed by atoms with Crippen LogP contribution in [0.3, 0.4) is 0 Å². The SMILES string of the molecule is CC(C)c1nc2c(c(C3=CCCC3)c1C(O)c1ccc(C(F)(F)F)s1)[C@@H](O[Si](C)(C)C(C)(C)C)CC(C)(C)C2. The lowest BCUT2D eigenvalue weighted by Crippen LogP contribution is -2.44. The molecule has 0 fully saturated rings. The number of alkyl halides is 3. The van der Waals surface area contributed by atoms with Crippen molar-refractivity contribution in [3.05, 3.63) is 56.0 Å². The van der Waals surface area contributed by atoms with Gasteiger partial charge in [-0.3, -0.25) is 4.98 Å². The van der Waals surface area contributed by atoms with E-state index < -0.39 is 25.5 Å². The molecule has 0 radical (unpaired) electrons. The van der Waals surface area contributed by atoms with Gasteiger partial charge in [-0.25, -0.2) is 0 Å². The molecule has 216 valence electrons. The van der Waals surface area contributed by atoms with E-state index in [-0.39, 0.29) is 22.5 Å². The standard InChI is InChI=1S/C31H44F3NO2SSi/c1-18(2)27-26(28(36)22-14-15-23(38-22)31(32,33)34)24(19-12-10-11-13-19)25-20(35-27)16-30(6,7)17-21(25)37-39(8,9)29(3,4)5/h12,14-15,18,21,28,36H,10-11,13,16-17H2,1-9H3/t21-,28?/m0/s1. The number of halogens is 3. The Kier molecular flexibility index (Phi) is 8.14. The molecule has 1 unspecified atom stereocenters. The summed E-state index contributed by atoms with van der Waals surface area (Å²) in [7, 11) is -2.18. The van der Waals surface area contributed by atoms with Crippen molar-refractivity contribution in [1.82, 2.24) is 4.98 Å². The second-order valence-electron chi connectivity index (χ2n) is 13.9. The van der Waals surface area contributed by atoms with Crippen LogP contribution in [0.4, 0.5) is 13.2 Å². The fourth-order valence-electron chi connectivity index (χ4n) is 5.68. The van der Waals surface area contributed by atoms with Gasteiger partial charge < -0.3 is 9.53 Å². The van der Waals surface area contributed by atoms with Gasteiger partial charge in [-0.1, -0.05) is 54.5 Å². The number of hydrogen-bond acceptors (Lipinski definition) is 4. The first-order valence-electron chi connectivity index (χ1n) is 14.1. The Morgan fingerprint density at radius 3 is 2.33 bits per heavy atom. The van der Waals surface area contributed by atoms with Gasteiger partial charge in [0.15, 0.2) is 8.32 Å². The van der Waals surface area contributed by atoms with E-state index in [9.17, 15) is 18.3 Å². The van der Waals surface area contributed by atoms with Crippen molar-refractivity contribution in [2.45, 2.75) is 123 Å². The molecule has 1 N–H and O–H groups in total. The Balaban J connectivity index is 2.00. The summed E-state index contributed by atoms with van der Waals surface area (Å²) >= 11 is 0.619. The lowest BCUT2D eigenvalue weighted by Gasteiger charge is -2.45. The van der Waals surface area contributed by atoms with Crippen LogP contribution in [0.15, 0.2) is 18.2 Å². The number of pyridine rings is 1. The van der Waals surface area contributed by atoms with Crippen molar-refractivity contribution in [2.24, 2.45) is 5.41 Å². The summed E-state index contributed by atoms with van der Waals surface area (Å²) in [5.74, 6) is -0.00690. The average molecular weight is 580 g/mol. The molecule has 0 aromatic carbocycles. The first-order chi connectivity index (χ1) is 17.8. The molecule has 0 aliphatic heterocycles. The molecular weight excluding hydrogens is 535 g/mol. The third kappa shape index (κ3) is 6.09. The number of aliphatic hydroxyl groups excluding tert-OH is 1. The normalized spacial score (nSPS) is 20.8. The van der Waals surface area contributed by atoms with Crippen molar-refractivity contribution in [3.8, 4) is 0 Å². The number of rotatable bonds is 6. The number of hydrogen-bond donors (Lipinski definition) is 1. The van der Waals surface area contributed by atoms with Crippen LogP contribution in [-0.2, 0) is 17.0 Å². The van der Waals surface area contributed by atoms with Crippen LogP contribution < -0.4 is 0 Å². The fraction of sp³-hybridized carbons (Fsp3) is 0.645. The Hall–Kier alpha value is -1.48. The highest BCUT2D eigenvalue weighted by molar-refractivity contribution is 7.12. The molecule has 0 amide bonds. The summed E-state index contributed by atoms with van der Waals surface area (Å²) < 4.78 is 47.6. The van der Waals surface area contributed by atoms with Crippen molar-refractivity contribution in [1.29, 1.82) is 0 Å². The number of nitrogens with zero attached hydrogens (tertiary/aromatic N) is 1. The molecule has 2 aromatic rings. The molecule has 0 bridgehead atoms. The number of thiophene rings is 1. The highest BCUT2D eigenvalue weighted by atomic mass is 32.1. The van der Waals surface area contributed by atoms with Gasteiger partial charge >= 0.3 is 6.18 Å². The summed E-state index contributed by atoms with van der Waals surface area (Å²) in [6.07, 6.45) is 0.912. The predicted molar refractivity (Wildman–Crippen MR) is 157 cm³/mol. The van der Waals surface area contributed by atoms with Gasteiger partial charge in [0, 0.05) is 27.4 Å². The minimum atomic E-state index is -4.44. The Bertz CT molecular complexity index is 1250. The van der Waals surface area contributed by atoms with Gasteiger partial charge in [0.05, 0.1) is 6.10 Å². The number of allylic oxidation sites excluding steroid dienone is 2. The maximum absolute atomic E-state index is 13.5. The zero-order chi connectivity index (χ0) is 29.1. The molecule has 3 nitrogen and oxygen atoms in total. The van der Waals surface area contributed by atoms with E-state index in [0.717, 1.165) is 60.7 Å². The third-order valence-electron chi connectivity index (χ3n) is 8.69. The summed E-state index contributed by atoms with van der Waals surface area (Å²) in [5, 5.41) is 11.9.